The number of Topliss-reactive ketones (excluding diaryl/α,β-unsaturated/α-hetero) is 1. The monoisotopic (exact) mass is 265 g/mol. The van der Waals surface area contributed by atoms with Crippen LogP contribution in [0.15, 0.2) is 36.5 Å². The summed E-state index contributed by atoms with van der Waals surface area (Å²) in [6.45, 7) is -0.518. The van der Waals surface area contributed by atoms with Gasteiger partial charge in [0.15, 0.2) is 6.61 Å². The Bertz CT molecular complexity index is 608. The third-order valence-electron chi connectivity index (χ3n) is 2.38. The zero-order chi connectivity index (χ0) is 13.8. The van der Waals surface area contributed by atoms with Crippen molar-refractivity contribution >= 4 is 11.8 Å². The summed E-state index contributed by atoms with van der Waals surface area (Å²) in [5.74, 6) is -3.29. The Morgan fingerprint density at radius 1 is 1.21 bits per heavy atom. The van der Waals surface area contributed by atoms with E-state index in [2.05, 4.69) is 9.72 Å². The van der Waals surface area contributed by atoms with E-state index in [-0.39, 0.29) is 5.69 Å². The number of esters is 1. The van der Waals surface area contributed by atoms with Gasteiger partial charge in [0.25, 0.3) is 0 Å². The summed E-state index contributed by atoms with van der Waals surface area (Å²) in [5, 5.41) is 0. The van der Waals surface area contributed by atoms with Crippen molar-refractivity contribution in [3.05, 3.63) is 59.4 Å². The fourth-order valence-corrected chi connectivity index (χ4v) is 1.45. The van der Waals surface area contributed by atoms with Crippen molar-refractivity contribution in [2.45, 2.75) is 0 Å². The van der Waals surface area contributed by atoms with Gasteiger partial charge in [-0.1, -0.05) is 0 Å². The van der Waals surface area contributed by atoms with E-state index in [0.29, 0.717) is 6.07 Å². The molecule has 0 aliphatic rings. The van der Waals surface area contributed by atoms with Crippen LogP contribution >= 0.6 is 0 Å². The minimum Gasteiger partial charge on any atom is -0.454 e. The van der Waals surface area contributed by atoms with Gasteiger partial charge in [0.2, 0.25) is 5.78 Å². The molecule has 0 saturated carbocycles. The number of ether oxygens (including phenoxy) is 1. The number of hydrogen-bond donors (Lipinski definition) is 1. The third-order valence-corrected chi connectivity index (χ3v) is 2.38. The maximum Gasteiger partial charge on any atom is 0.341 e. The number of H-pyrrole nitrogens is 1. The molecule has 6 heteroatoms. The molecule has 0 saturated heterocycles. The summed E-state index contributed by atoms with van der Waals surface area (Å²) < 4.78 is 30.6. The number of rotatable bonds is 4. The normalized spacial score (nSPS) is 10.2. The highest BCUT2D eigenvalue weighted by atomic mass is 19.1. The lowest BCUT2D eigenvalue weighted by atomic mass is 10.2. The van der Waals surface area contributed by atoms with Crippen LogP contribution in [-0.4, -0.2) is 23.3 Å². The molecule has 0 radical (unpaired) electrons. The number of nitrogens with one attached hydrogen (secondary N) is 1. The number of benzene rings is 1. The van der Waals surface area contributed by atoms with Crippen LogP contribution in [0.1, 0.15) is 20.8 Å². The van der Waals surface area contributed by atoms with E-state index in [9.17, 15) is 18.4 Å². The first-order valence-corrected chi connectivity index (χ1v) is 5.36. The SMILES string of the molecule is O=C(COC(=O)c1ccc(F)cc1F)c1ccc[nH]1. The van der Waals surface area contributed by atoms with Gasteiger partial charge >= 0.3 is 5.97 Å². The van der Waals surface area contributed by atoms with Crippen molar-refractivity contribution < 1.29 is 23.1 Å². The highest BCUT2D eigenvalue weighted by Crippen LogP contribution is 2.11. The summed E-state index contributed by atoms with van der Waals surface area (Å²) in [4.78, 5) is 25.7. The second-order valence-electron chi connectivity index (χ2n) is 3.71. The summed E-state index contributed by atoms with van der Waals surface area (Å²) in [6, 6.07) is 5.62. The van der Waals surface area contributed by atoms with Crippen LogP contribution in [0.2, 0.25) is 0 Å². The van der Waals surface area contributed by atoms with E-state index < -0.39 is 35.6 Å². The van der Waals surface area contributed by atoms with E-state index in [0.717, 1.165) is 12.1 Å². The van der Waals surface area contributed by atoms with Crippen molar-refractivity contribution in [2.24, 2.45) is 0 Å². The van der Waals surface area contributed by atoms with Gasteiger partial charge in [0.1, 0.15) is 11.6 Å². The third kappa shape index (κ3) is 3.04. The fraction of sp³-hybridized carbons (Fsp3) is 0.0769. The number of carbonyl (C=O) groups is 2. The topological polar surface area (TPSA) is 59.2 Å². The molecule has 2 rings (SSSR count). The molecule has 0 bridgehead atoms. The minimum absolute atomic E-state index is 0.285. The van der Waals surface area contributed by atoms with Crippen LogP contribution in [0.4, 0.5) is 8.78 Å². The van der Waals surface area contributed by atoms with Crippen LogP contribution < -0.4 is 0 Å². The maximum atomic E-state index is 13.3. The number of hydrogen-bond acceptors (Lipinski definition) is 3. The Labute approximate surface area is 107 Å². The molecule has 0 spiro atoms. The summed E-state index contributed by atoms with van der Waals surface area (Å²) in [7, 11) is 0. The van der Waals surface area contributed by atoms with E-state index in [1.54, 1.807) is 12.3 Å². The van der Waals surface area contributed by atoms with Gasteiger partial charge in [-0.2, -0.15) is 0 Å². The highest BCUT2D eigenvalue weighted by molar-refractivity contribution is 5.98. The van der Waals surface area contributed by atoms with E-state index in [1.807, 2.05) is 0 Å². The predicted octanol–water partition coefficient (Wildman–Crippen LogP) is 2.33. The van der Waals surface area contributed by atoms with Crippen molar-refractivity contribution in [3.63, 3.8) is 0 Å². The van der Waals surface area contributed by atoms with Gasteiger partial charge in [0, 0.05) is 12.3 Å². The first-order chi connectivity index (χ1) is 9.08. The molecule has 1 aromatic heterocycles. The number of carbonyl (C=O) groups excluding carboxylic acids is 2. The molecule has 98 valence electrons. The Morgan fingerprint density at radius 3 is 2.63 bits per heavy atom. The number of aromatic nitrogens is 1. The standard InChI is InChI=1S/C13H9F2NO3/c14-8-3-4-9(10(15)6-8)13(18)19-7-12(17)11-2-1-5-16-11/h1-6,16H,7H2. The molecular weight excluding hydrogens is 256 g/mol. The van der Waals surface area contributed by atoms with Crippen LogP contribution in [0.25, 0.3) is 0 Å². The van der Waals surface area contributed by atoms with Crippen molar-refractivity contribution in [1.82, 2.24) is 4.98 Å². The van der Waals surface area contributed by atoms with Crippen molar-refractivity contribution in [3.8, 4) is 0 Å². The van der Waals surface area contributed by atoms with Crippen molar-refractivity contribution in [1.29, 1.82) is 0 Å². The molecule has 1 heterocycles. The van der Waals surface area contributed by atoms with Crippen molar-refractivity contribution in [2.75, 3.05) is 6.61 Å². The minimum atomic E-state index is -1.03. The number of halogens is 2. The van der Waals surface area contributed by atoms with Gasteiger partial charge in [-0.05, 0) is 24.3 Å². The molecule has 2 aromatic rings. The second-order valence-corrected chi connectivity index (χ2v) is 3.71. The molecule has 0 aliphatic heterocycles. The first kappa shape index (κ1) is 12.9. The lowest BCUT2D eigenvalue weighted by Crippen LogP contribution is -2.15. The lowest BCUT2D eigenvalue weighted by Gasteiger charge is -2.04. The molecule has 0 fully saturated rings. The Balaban J connectivity index is 2.00. The quantitative estimate of drug-likeness (QED) is 0.681. The molecule has 4 nitrogen and oxygen atoms in total. The molecular formula is C13H9F2NO3. The first-order valence-electron chi connectivity index (χ1n) is 5.36. The van der Waals surface area contributed by atoms with E-state index in [1.165, 1.54) is 6.07 Å². The summed E-state index contributed by atoms with van der Waals surface area (Å²) in [6.07, 6.45) is 1.55. The Kier molecular flexibility index (Phi) is 3.70. The molecule has 0 unspecified atom stereocenters. The summed E-state index contributed by atoms with van der Waals surface area (Å²) >= 11 is 0. The predicted molar refractivity (Wildman–Crippen MR) is 61.8 cm³/mol. The molecule has 1 N–H and O–H groups in total. The van der Waals surface area contributed by atoms with Crippen LogP contribution in [0.3, 0.4) is 0 Å². The lowest BCUT2D eigenvalue weighted by molar-refractivity contribution is 0.0469. The number of ketones is 1. The van der Waals surface area contributed by atoms with Gasteiger partial charge in [-0.3, -0.25) is 4.79 Å². The zero-order valence-electron chi connectivity index (χ0n) is 9.65. The average Bonchev–Trinajstić information content (AvgIpc) is 2.89. The smallest absolute Gasteiger partial charge is 0.341 e. The average molecular weight is 265 g/mol. The van der Waals surface area contributed by atoms with E-state index >= 15 is 0 Å². The Hall–Kier alpha value is -2.50. The zero-order valence-corrected chi connectivity index (χ0v) is 9.65. The van der Waals surface area contributed by atoms with Gasteiger partial charge in [-0.25, -0.2) is 13.6 Å². The van der Waals surface area contributed by atoms with Gasteiger partial charge < -0.3 is 9.72 Å². The number of aromatic amines is 1. The molecule has 0 atom stereocenters. The summed E-state index contributed by atoms with van der Waals surface area (Å²) in [5.41, 5.74) is -0.131. The molecule has 0 amide bonds. The molecule has 1 aromatic carbocycles. The largest absolute Gasteiger partial charge is 0.454 e. The van der Waals surface area contributed by atoms with Crippen LogP contribution in [0.5, 0.6) is 0 Å². The Morgan fingerprint density at radius 2 is 2.00 bits per heavy atom. The van der Waals surface area contributed by atoms with E-state index in [4.69, 9.17) is 0 Å². The fourth-order valence-electron chi connectivity index (χ4n) is 1.45. The highest BCUT2D eigenvalue weighted by Gasteiger charge is 2.16. The maximum absolute atomic E-state index is 13.3. The molecule has 19 heavy (non-hydrogen) atoms. The van der Waals surface area contributed by atoms with Crippen LogP contribution in [0, 0.1) is 11.6 Å². The van der Waals surface area contributed by atoms with Gasteiger partial charge in [-0.15, -0.1) is 0 Å². The van der Waals surface area contributed by atoms with Gasteiger partial charge in [0.05, 0.1) is 11.3 Å². The molecule has 0 aliphatic carbocycles. The second kappa shape index (κ2) is 5.43. The van der Waals surface area contributed by atoms with Crippen LogP contribution in [-0.2, 0) is 4.74 Å².